The molecule has 9 nitrogen and oxygen atoms in total. The Morgan fingerprint density at radius 1 is 0.643 bits per heavy atom. The first-order chi connectivity index (χ1) is 27.2. The molecule has 3 aromatic carbocycles. The van der Waals surface area contributed by atoms with Crippen molar-refractivity contribution < 1.29 is 22.8 Å². The summed E-state index contributed by atoms with van der Waals surface area (Å²) in [6.07, 6.45) is 5.21. The molecule has 5 aromatic rings. The van der Waals surface area contributed by atoms with Crippen LogP contribution in [0.1, 0.15) is 93.1 Å². The number of rotatable bonds is 9. The van der Waals surface area contributed by atoms with Gasteiger partial charge in [0, 0.05) is 13.1 Å². The highest BCUT2D eigenvalue weighted by Gasteiger charge is 2.70. The summed E-state index contributed by atoms with van der Waals surface area (Å²) in [6, 6.07) is 25.7. The Bertz CT molecular complexity index is 2170. The van der Waals surface area contributed by atoms with Crippen molar-refractivity contribution in [1.29, 1.82) is 0 Å². The number of likely N-dealkylation sites (tertiary alicyclic amines) is 3. The minimum atomic E-state index is -4.53. The fourth-order valence-corrected chi connectivity index (χ4v) is 9.10. The number of nitrogens with zero attached hydrogens (tertiary/aromatic N) is 5. The molecule has 0 spiro atoms. The minimum Gasteiger partial charge on any atom is -0.340 e. The van der Waals surface area contributed by atoms with Gasteiger partial charge in [-0.1, -0.05) is 85.3 Å². The van der Waals surface area contributed by atoms with Gasteiger partial charge in [-0.25, -0.2) is 9.97 Å². The number of alkyl halides is 3. The van der Waals surface area contributed by atoms with Gasteiger partial charge in [0.1, 0.15) is 23.1 Å². The van der Waals surface area contributed by atoms with Crippen LogP contribution in [-0.4, -0.2) is 78.8 Å². The second-order valence-electron chi connectivity index (χ2n) is 15.9. The number of benzene rings is 3. The van der Waals surface area contributed by atoms with E-state index in [4.69, 9.17) is 4.98 Å². The monoisotopic (exact) mass is 761 g/mol. The lowest BCUT2D eigenvalue weighted by molar-refractivity contribution is -0.199. The molecule has 1 saturated carbocycles. The maximum atomic E-state index is 14.3. The van der Waals surface area contributed by atoms with E-state index < -0.39 is 23.5 Å². The molecule has 2 amide bonds. The number of amides is 2. The molecular formula is C44H46F3N7O2. The Morgan fingerprint density at radius 3 is 1.66 bits per heavy atom. The van der Waals surface area contributed by atoms with Crippen LogP contribution < -0.4 is 0 Å². The lowest BCUT2D eigenvalue weighted by atomic mass is 10.00. The summed E-state index contributed by atoms with van der Waals surface area (Å²) in [5.74, 6) is 0.677. The van der Waals surface area contributed by atoms with Crippen LogP contribution in [0.15, 0.2) is 91.3 Å². The first kappa shape index (κ1) is 36.4. The van der Waals surface area contributed by atoms with Crippen LogP contribution in [0.4, 0.5) is 13.2 Å². The van der Waals surface area contributed by atoms with Gasteiger partial charge in [0.25, 0.3) is 0 Å². The van der Waals surface area contributed by atoms with Gasteiger partial charge in [-0.2, -0.15) is 13.2 Å². The zero-order valence-corrected chi connectivity index (χ0v) is 31.3. The van der Waals surface area contributed by atoms with E-state index >= 15 is 0 Å². The van der Waals surface area contributed by atoms with Crippen LogP contribution in [0.5, 0.6) is 0 Å². The molecule has 3 saturated heterocycles. The molecule has 12 heteroatoms. The number of carbonyl (C=O) groups is 2. The average molecular weight is 762 g/mol. The van der Waals surface area contributed by atoms with E-state index in [9.17, 15) is 22.8 Å². The van der Waals surface area contributed by atoms with Gasteiger partial charge >= 0.3 is 6.18 Å². The van der Waals surface area contributed by atoms with Crippen LogP contribution in [0, 0.1) is 5.41 Å². The zero-order chi connectivity index (χ0) is 38.4. The van der Waals surface area contributed by atoms with Crippen molar-refractivity contribution in [2.75, 3.05) is 26.2 Å². The Morgan fingerprint density at radius 2 is 1.14 bits per heavy atom. The number of imidazole rings is 2. The average Bonchev–Trinajstić information content (AvgIpc) is 3.72. The first-order valence-electron chi connectivity index (χ1n) is 20.0. The summed E-state index contributed by atoms with van der Waals surface area (Å²) in [5, 5.41) is 0. The van der Waals surface area contributed by atoms with E-state index in [2.05, 4.69) is 56.3 Å². The van der Waals surface area contributed by atoms with Gasteiger partial charge in [-0.15, -0.1) is 0 Å². The van der Waals surface area contributed by atoms with E-state index in [1.165, 1.54) is 11.3 Å². The standard InChI is InChI=1S/C44H46F3N7O2/c45-44(46,47)43(21-22-43)42(56)54-26-8-12-37(54)40-49-28-35(51-40)32-19-15-30(16-20-32)29-13-17-31(18-14-29)34-27-48-39(50-34)36-11-7-25-53(36)41(55)38(33-9-3-1-4-10-33)52-23-5-2-6-24-52/h1,3-4,9-10,13-20,27-28,36-38H,2,5-8,11-12,21-26H2,(H,48,50)(H,49,51)/t36-,37-,38?/m0/s1. The highest BCUT2D eigenvalue weighted by molar-refractivity contribution is 5.87. The molecule has 2 aromatic heterocycles. The van der Waals surface area contributed by atoms with Gasteiger partial charge in [-0.3, -0.25) is 14.5 Å². The molecule has 0 bridgehead atoms. The van der Waals surface area contributed by atoms with Gasteiger partial charge in [0.05, 0.1) is 35.9 Å². The third-order valence-electron chi connectivity index (χ3n) is 12.4. The summed E-state index contributed by atoms with van der Waals surface area (Å²) in [5.41, 5.74) is 4.45. The maximum absolute atomic E-state index is 14.3. The quantitative estimate of drug-likeness (QED) is 0.156. The Balaban J connectivity index is 0.866. The number of piperidine rings is 1. The normalized spacial score (nSPS) is 21.7. The molecule has 290 valence electrons. The van der Waals surface area contributed by atoms with E-state index in [0.29, 0.717) is 25.2 Å². The SMILES string of the molecule is O=C(C(c1ccccc1)N1CCCCC1)N1CCC[C@H]1c1ncc(-c2ccc(-c3ccc(-c4cnc([C@@H]5CCCN5C(=O)C5(C(F)(F)F)CC5)[nH]4)cc3)cc2)[nH]1. The van der Waals surface area contributed by atoms with Gasteiger partial charge in [0.15, 0.2) is 0 Å². The van der Waals surface area contributed by atoms with Crippen molar-refractivity contribution >= 4 is 11.8 Å². The molecule has 9 rings (SSSR count). The van der Waals surface area contributed by atoms with Crippen molar-refractivity contribution in [2.24, 2.45) is 5.41 Å². The number of hydrogen-bond acceptors (Lipinski definition) is 5. The predicted molar refractivity (Wildman–Crippen MR) is 207 cm³/mol. The molecule has 4 aliphatic rings. The second-order valence-corrected chi connectivity index (χ2v) is 15.9. The number of halogens is 3. The van der Waals surface area contributed by atoms with Crippen LogP contribution in [0.2, 0.25) is 0 Å². The lowest BCUT2D eigenvalue weighted by Crippen LogP contribution is -2.44. The fourth-order valence-electron chi connectivity index (χ4n) is 9.10. The number of hydrogen-bond donors (Lipinski definition) is 2. The number of aromatic nitrogens is 4. The van der Waals surface area contributed by atoms with E-state index in [1.807, 2.05) is 53.6 Å². The summed E-state index contributed by atoms with van der Waals surface area (Å²) in [4.78, 5) is 49.3. The van der Waals surface area contributed by atoms with Crippen LogP contribution in [0.25, 0.3) is 33.6 Å². The van der Waals surface area contributed by atoms with E-state index in [-0.39, 0.29) is 30.8 Å². The summed E-state index contributed by atoms with van der Waals surface area (Å²) >= 11 is 0. The number of H-pyrrole nitrogens is 2. The summed E-state index contributed by atoms with van der Waals surface area (Å²) in [6.45, 7) is 2.89. The van der Waals surface area contributed by atoms with Crippen LogP contribution >= 0.6 is 0 Å². The minimum absolute atomic E-state index is 0.0974. The molecule has 56 heavy (non-hydrogen) atoms. The lowest BCUT2D eigenvalue weighted by Gasteiger charge is -2.37. The van der Waals surface area contributed by atoms with Gasteiger partial charge < -0.3 is 19.8 Å². The van der Waals surface area contributed by atoms with Gasteiger partial charge in [0.2, 0.25) is 11.8 Å². The molecule has 4 fully saturated rings. The molecule has 3 atom stereocenters. The summed E-state index contributed by atoms with van der Waals surface area (Å²) in [7, 11) is 0. The third-order valence-corrected chi connectivity index (χ3v) is 12.4. The van der Waals surface area contributed by atoms with Crippen LogP contribution in [-0.2, 0) is 9.59 Å². The smallest absolute Gasteiger partial charge is 0.340 e. The second kappa shape index (κ2) is 14.7. The fraction of sp³-hybridized carbons (Fsp3) is 0.409. The largest absolute Gasteiger partial charge is 0.403 e. The number of carbonyl (C=O) groups excluding carboxylic acids is 2. The molecule has 1 aliphatic carbocycles. The predicted octanol–water partition coefficient (Wildman–Crippen LogP) is 9.03. The topological polar surface area (TPSA) is 101 Å². The third kappa shape index (κ3) is 6.71. The Labute approximate surface area is 324 Å². The highest BCUT2D eigenvalue weighted by Crippen LogP contribution is 2.59. The van der Waals surface area contributed by atoms with Crippen LogP contribution in [0.3, 0.4) is 0 Å². The van der Waals surface area contributed by atoms with Crippen molar-refractivity contribution in [1.82, 2.24) is 34.6 Å². The van der Waals surface area contributed by atoms with Crippen molar-refractivity contribution in [2.45, 2.75) is 82.1 Å². The highest BCUT2D eigenvalue weighted by atomic mass is 19.4. The zero-order valence-electron chi connectivity index (χ0n) is 31.3. The molecule has 1 unspecified atom stereocenters. The van der Waals surface area contributed by atoms with E-state index in [0.717, 1.165) is 90.3 Å². The Hall–Kier alpha value is -5.23. The molecule has 3 aliphatic heterocycles. The molecule has 2 N–H and O–H groups in total. The van der Waals surface area contributed by atoms with Crippen molar-refractivity contribution in [3.8, 4) is 33.6 Å². The van der Waals surface area contributed by atoms with Crippen molar-refractivity contribution in [3.05, 3.63) is 108 Å². The molecule has 0 radical (unpaired) electrons. The summed E-state index contributed by atoms with van der Waals surface area (Å²) < 4.78 is 41.2. The first-order valence-corrected chi connectivity index (χ1v) is 20.0. The number of aromatic amines is 2. The number of nitrogens with one attached hydrogen (secondary N) is 2. The van der Waals surface area contributed by atoms with Gasteiger partial charge in [-0.05, 0) is 92.3 Å². The molecule has 5 heterocycles. The molecular weight excluding hydrogens is 716 g/mol. The van der Waals surface area contributed by atoms with Crippen molar-refractivity contribution in [3.63, 3.8) is 0 Å². The Kier molecular flexibility index (Phi) is 9.55. The maximum Gasteiger partial charge on any atom is 0.403 e. The van der Waals surface area contributed by atoms with E-state index in [1.54, 1.807) is 6.20 Å².